The molecule has 0 heteroatoms. The first-order valence-corrected chi connectivity index (χ1v) is 46.5. The molecular weight excluding hydrogens is 1490 g/mol. The van der Waals surface area contributed by atoms with Crippen molar-refractivity contribution in [1.29, 1.82) is 0 Å². The number of fused-ring (bicyclic) bond motifs is 4. The van der Waals surface area contributed by atoms with Gasteiger partial charge in [-0.15, -0.1) is 0 Å². The number of hydrogen-bond donors (Lipinski definition) is 0. The lowest BCUT2D eigenvalue weighted by atomic mass is 9.63. The zero-order chi connectivity index (χ0) is 83.4. The van der Waals surface area contributed by atoms with Crippen LogP contribution in [-0.4, -0.2) is 0 Å². The first-order valence-electron chi connectivity index (χ1n) is 46.5. The summed E-state index contributed by atoms with van der Waals surface area (Å²) in [5, 5.41) is 104. The highest BCUT2D eigenvalue weighted by atomic mass is 14.5. The summed E-state index contributed by atoms with van der Waals surface area (Å²) < 4.78 is 0. The smallest absolute Gasteiger partial charge is 0.0000000124 e. The van der Waals surface area contributed by atoms with Crippen LogP contribution in [0.15, 0.2) is 0 Å². The van der Waals surface area contributed by atoms with Crippen molar-refractivity contribution in [2.45, 2.75) is 194 Å². The predicted molar refractivity (Wildman–Crippen MR) is 552 cm³/mol. The first-order chi connectivity index (χ1) is 59.5. The van der Waals surface area contributed by atoms with Crippen LogP contribution in [0.4, 0.5) is 0 Å². The van der Waals surface area contributed by atoms with Crippen LogP contribution in [0.5, 0.6) is 0 Å². The van der Waals surface area contributed by atoms with Gasteiger partial charge in [0.15, 0.2) is 0 Å². The van der Waals surface area contributed by atoms with Crippen LogP contribution in [0.2, 0.25) is 0 Å². The van der Waals surface area contributed by atoms with Crippen molar-refractivity contribution in [2.24, 2.45) is 0 Å². The van der Waals surface area contributed by atoms with E-state index in [-0.39, 0.29) is 0 Å². The fourth-order valence-electron chi connectivity index (χ4n) is 35.2. The summed E-state index contributed by atoms with van der Waals surface area (Å²) in [6.07, 6.45) is 0. The van der Waals surface area contributed by atoms with Crippen molar-refractivity contribution in [2.75, 3.05) is 0 Å². The fraction of sp³-hybridized carbons (Fsp3) is 0.226. The number of aryl methyl sites for hydroxylation is 28. The van der Waals surface area contributed by atoms with E-state index in [0.717, 1.165) is 0 Å². The number of rotatable bonds is 0. The highest BCUT2D eigenvalue weighted by molar-refractivity contribution is 6.75. The summed E-state index contributed by atoms with van der Waals surface area (Å²) >= 11 is 0. The molecule has 124 heavy (non-hydrogen) atoms. The zero-order valence-corrected chi connectivity index (χ0v) is 76.0. The van der Waals surface area contributed by atoms with E-state index in [1.54, 1.807) is 86.2 Å². The van der Waals surface area contributed by atoms with E-state index in [1.807, 2.05) is 0 Å². The molecule has 0 atom stereocenters. The summed E-state index contributed by atoms with van der Waals surface area (Å²) in [6.45, 7) is 71.8. The molecule has 0 aliphatic heterocycles. The summed E-state index contributed by atoms with van der Waals surface area (Å²) in [7, 11) is 0. The van der Waals surface area contributed by atoms with E-state index in [1.165, 1.54) is 436 Å². The molecule has 0 unspecified atom stereocenters. The monoisotopic (exact) mass is 1570 g/mol. The molecule has 0 N–H and O–H groups in total. The molecule has 0 saturated heterocycles. The Kier molecular flexibility index (Phi) is 9.06. The molecular formula is C124H84. The molecule has 35 aromatic rings. The van der Waals surface area contributed by atoms with Crippen LogP contribution in [-0.2, 0) is 0 Å². The Morgan fingerprint density at radius 1 is 0.0403 bits per heavy atom. The number of benzene rings is 35. The summed E-state index contributed by atoms with van der Waals surface area (Å²) in [5.41, 5.74) is 40.7. The van der Waals surface area contributed by atoms with Crippen LogP contribution in [0, 0.1) is 194 Å². The molecule has 0 amide bonds. The van der Waals surface area contributed by atoms with Gasteiger partial charge in [0.2, 0.25) is 0 Å². The Hall–Kier alpha value is -12.5. The van der Waals surface area contributed by atoms with Gasteiger partial charge in [-0.3, -0.25) is 0 Å². The van der Waals surface area contributed by atoms with Crippen LogP contribution in [0.1, 0.15) is 156 Å². The standard InChI is InChI=1S/C124H84/c1-29-30(2)58-34(6)42(14)64-50(22)72-76-54(26)68-46(18)38(10)62-40(12)48(20)70-56(28)78-74-52(24)66-44(16)36(8)60-32(4)31(3)59-35(7)43(15)65-51(23)73-77-55(27)69-47(19)39(11)61-37(9)45(17)67-53(25)75-71-49(21)63-41(13)33(5)57(29)79-80(58)86(64)102-94(72)110-109(93(71)101(102)85(63)79)113-97(75)105-89(67)83(61)91(69)107-99(77)115-111-95(73)103-87(65)81(59)82(60)88(66)104(103)96(74)112(111)116-100(78)108-92(70)84(62)90(68)106-98(76)114(110)120-119(113)123(117(105)107)121(115)122(116)124(120)118(106)108/h1-28H3. The Morgan fingerprint density at radius 3 is 0.145 bits per heavy atom. The molecule has 0 saturated carbocycles. The molecule has 0 nitrogen and oxygen atoms in total. The van der Waals surface area contributed by atoms with Gasteiger partial charge in [-0.05, 0) is 716 Å². The summed E-state index contributed by atoms with van der Waals surface area (Å²) in [4.78, 5) is 0. The van der Waals surface area contributed by atoms with Crippen molar-refractivity contribution in [3.8, 4) is 0 Å². The summed E-state index contributed by atoms with van der Waals surface area (Å²) in [5.74, 6) is 0. The van der Waals surface area contributed by atoms with Gasteiger partial charge in [0.05, 0.1) is 0 Å². The van der Waals surface area contributed by atoms with Gasteiger partial charge in [-0.25, -0.2) is 0 Å². The Morgan fingerprint density at radius 2 is 0.0806 bits per heavy atom. The van der Waals surface area contributed by atoms with Crippen molar-refractivity contribution in [1.82, 2.24) is 0 Å². The first kappa shape index (κ1) is 64.3. The third-order valence-electron chi connectivity index (χ3n) is 40.1. The maximum absolute atomic E-state index is 2.65. The van der Waals surface area contributed by atoms with Gasteiger partial charge < -0.3 is 0 Å². The average Bonchev–Trinajstić information content (AvgIpc) is 0.603. The lowest BCUT2D eigenvalue weighted by Crippen LogP contribution is -2.11. The number of hydrogen-bond acceptors (Lipinski definition) is 0. The van der Waals surface area contributed by atoms with Gasteiger partial charge >= 0.3 is 0 Å². The van der Waals surface area contributed by atoms with Crippen molar-refractivity contribution < 1.29 is 0 Å². The van der Waals surface area contributed by atoms with E-state index in [4.69, 9.17) is 0 Å². The molecule has 0 fully saturated rings. The van der Waals surface area contributed by atoms with E-state index < -0.39 is 0 Å². The molecule has 0 radical (unpaired) electrons. The maximum Gasteiger partial charge on any atom is -0.0000000124 e. The third-order valence-corrected chi connectivity index (χ3v) is 40.1. The average molecular weight is 1570 g/mol. The molecule has 35 rings (SSSR count). The molecule has 0 aromatic heterocycles. The molecule has 0 bridgehead atoms. The van der Waals surface area contributed by atoms with E-state index >= 15 is 0 Å². The fourth-order valence-corrected chi connectivity index (χ4v) is 35.2. The largest absolute Gasteiger partial charge is 0.0394 e. The van der Waals surface area contributed by atoms with Gasteiger partial charge in [0.1, 0.15) is 0 Å². The Bertz CT molecular complexity index is 10400. The maximum atomic E-state index is 2.65. The van der Waals surface area contributed by atoms with Crippen molar-refractivity contribution in [3.63, 3.8) is 0 Å². The molecule has 0 aliphatic carbocycles. The van der Waals surface area contributed by atoms with Gasteiger partial charge in [0, 0.05) is 0 Å². The van der Waals surface area contributed by atoms with Crippen LogP contribution >= 0.6 is 0 Å². The second kappa shape index (κ2) is 17.5. The van der Waals surface area contributed by atoms with Gasteiger partial charge in [-0.2, -0.15) is 0 Å². The predicted octanol–water partition coefficient (Wildman–Crippen LogP) is 36.6. The lowest BCUT2D eigenvalue weighted by molar-refractivity contribution is 1.34. The van der Waals surface area contributed by atoms with Crippen LogP contribution in [0.25, 0.3) is 366 Å². The Labute approximate surface area is 710 Å². The highest BCUT2D eigenvalue weighted by Gasteiger charge is 2.47. The second-order valence-electron chi connectivity index (χ2n) is 43.0. The SMILES string of the molecule is Cc1c(C)c2c(C)c(C)c3c(C)c4c5c(C)c6c(C)c(C)c7c(C)c(C)c8c(C)c9c%10c(C)c%11c(C)c(C)c%12c(C)c(C)c%13c(C)c(C)c%14c(C)c%15c%16c(C)c%17c(C)c(C)c%18c(C)c(C)c%19c(C)c%20c%21c(C)c%22c(C)c(C)c1c1c2c3c2c4c3c(c%21c2c%221)c1c%20c2c%19c%18c%17c4c%16c%16c%17c%15c%15c%14c%13c%12c%11c%15c%10c%17c%10c9c9c8c7c6c6c5c3c3c1c(c24)c%16c%10c3c69. The second-order valence-corrected chi connectivity index (χ2v) is 43.0. The van der Waals surface area contributed by atoms with Crippen molar-refractivity contribution in [3.05, 3.63) is 156 Å². The van der Waals surface area contributed by atoms with Gasteiger partial charge in [-0.1, -0.05) is 0 Å². The quantitative estimate of drug-likeness (QED) is 0.105. The molecule has 0 heterocycles. The normalized spacial score (nSPS) is 14.6. The van der Waals surface area contributed by atoms with Crippen LogP contribution < -0.4 is 0 Å². The lowest BCUT2D eigenvalue weighted by Gasteiger charge is -2.39. The topological polar surface area (TPSA) is 0 Å². The van der Waals surface area contributed by atoms with Gasteiger partial charge in [0.25, 0.3) is 0 Å². The highest BCUT2D eigenvalue weighted by Crippen LogP contribution is 2.75. The minimum Gasteiger partial charge on any atom is -0.0394 e. The molecule has 0 aliphatic rings. The van der Waals surface area contributed by atoms with E-state index in [9.17, 15) is 0 Å². The Balaban J connectivity index is 1.02. The molecule has 580 valence electrons. The summed E-state index contributed by atoms with van der Waals surface area (Å²) in [6, 6.07) is 0. The minimum absolute atomic E-state index is 1.45. The zero-order valence-electron chi connectivity index (χ0n) is 76.0. The van der Waals surface area contributed by atoms with E-state index in [2.05, 4.69) is 194 Å². The van der Waals surface area contributed by atoms with E-state index in [0.29, 0.717) is 0 Å². The molecule has 0 spiro atoms. The minimum atomic E-state index is 1.45. The molecule has 35 aromatic carbocycles. The third kappa shape index (κ3) is 5.01. The van der Waals surface area contributed by atoms with Crippen molar-refractivity contribution >= 4 is 366 Å². The van der Waals surface area contributed by atoms with Crippen LogP contribution in [0.3, 0.4) is 0 Å².